The first-order chi connectivity index (χ1) is 15.7. The predicted octanol–water partition coefficient (Wildman–Crippen LogP) is 2.46. The van der Waals surface area contributed by atoms with E-state index in [0.29, 0.717) is 18.9 Å². The second kappa shape index (κ2) is 9.23. The summed E-state index contributed by atoms with van der Waals surface area (Å²) in [5.74, 6) is 2.36. The van der Waals surface area contributed by atoms with E-state index in [0.717, 1.165) is 55.6 Å². The monoisotopic (exact) mass is 431 g/mol. The van der Waals surface area contributed by atoms with E-state index in [-0.39, 0.29) is 5.91 Å². The Morgan fingerprint density at radius 2 is 1.84 bits per heavy atom. The fourth-order valence-electron chi connectivity index (χ4n) is 3.95. The average Bonchev–Trinajstić information content (AvgIpc) is 3.32. The zero-order valence-electron chi connectivity index (χ0n) is 17.7. The lowest BCUT2D eigenvalue weighted by atomic mass is 10.1. The van der Waals surface area contributed by atoms with Gasteiger partial charge < -0.3 is 19.7 Å². The topological polar surface area (TPSA) is 79.8 Å². The van der Waals surface area contributed by atoms with Crippen LogP contribution in [-0.4, -0.2) is 53.7 Å². The van der Waals surface area contributed by atoms with Crippen LogP contribution < -0.4 is 19.7 Å². The Kier molecular flexibility index (Phi) is 5.85. The molecule has 0 unspecified atom stereocenters. The standard InChI is InChI=1S/C24H25N5O3/c30-24(27-15-19-2-1-6-25-14-19)20-5-7-26-23(13-20)29-10-8-28(9-11-29)16-18-3-4-21-22(12-18)32-17-31-21/h1-7,12-14H,8-11,15-17H2,(H,27,30). The van der Waals surface area contributed by atoms with Crippen molar-refractivity contribution in [3.05, 3.63) is 77.7 Å². The van der Waals surface area contributed by atoms with Crippen LogP contribution >= 0.6 is 0 Å². The lowest BCUT2D eigenvalue weighted by Gasteiger charge is -2.35. The summed E-state index contributed by atoms with van der Waals surface area (Å²) in [5, 5.41) is 2.94. The van der Waals surface area contributed by atoms with Crippen LogP contribution in [-0.2, 0) is 13.1 Å². The van der Waals surface area contributed by atoms with Crippen LogP contribution in [0.25, 0.3) is 0 Å². The fourth-order valence-corrected chi connectivity index (χ4v) is 3.95. The smallest absolute Gasteiger partial charge is 0.251 e. The molecule has 32 heavy (non-hydrogen) atoms. The molecule has 4 heterocycles. The number of nitrogens with one attached hydrogen (secondary N) is 1. The molecule has 0 spiro atoms. The number of ether oxygens (including phenoxy) is 2. The Morgan fingerprint density at radius 1 is 0.969 bits per heavy atom. The molecule has 1 saturated heterocycles. The summed E-state index contributed by atoms with van der Waals surface area (Å²) in [7, 11) is 0. The Balaban J connectivity index is 1.15. The summed E-state index contributed by atoms with van der Waals surface area (Å²) < 4.78 is 10.9. The van der Waals surface area contributed by atoms with Gasteiger partial charge in [-0.25, -0.2) is 4.98 Å². The second-order valence-electron chi connectivity index (χ2n) is 7.90. The van der Waals surface area contributed by atoms with Gasteiger partial charge in [-0.1, -0.05) is 12.1 Å². The van der Waals surface area contributed by atoms with Gasteiger partial charge >= 0.3 is 0 Å². The molecule has 0 saturated carbocycles. The number of benzene rings is 1. The van der Waals surface area contributed by atoms with Gasteiger partial charge in [-0.2, -0.15) is 0 Å². The summed E-state index contributed by atoms with van der Waals surface area (Å²) in [6.45, 7) is 5.18. The molecule has 2 aliphatic heterocycles. The van der Waals surface area contributed by atoms with E-state index >= 15 is 0 Å². The average molecular weight is 431 g/mol. The van der Waals surface area contributed by atoms with Crippen molar-refractivity contribution in [2.24, 2.45) is 0 Å². The molecule has 1 fully saturated rings. The van der Waals surface area contributed by atoms with Crippen molar-refractivity contribution in [2.75, 3.05) is 37.9 Å². The molecule has 0 aliphatic carbocycles. The summed E-state index contributed by atoms with van der Waals surface area (Å²) >= 11 is 0. The van der Waals surface area contributed by atoms with Crippen molar-refractivity contribution in [2.45, 2.75) is 13.1 Å². The van der Waals surface area contributed by atoms with E-state index in [1.165, 1.54) is 5.56 Å². The normalized spacial score (nSPS) is 15.6. The maximum atomic E-state index is 12.6. The Labute approximate surface area is 186 Å². The highest BCUT2D eigenvalue weighted by molar-refractivity contribution is 5.94. The minimum absolute atomic E-state index is 0.112. The number of nitrogens with zero attached hydrogens (tertiary/aromatic N) is 4. The van der Waals surface area contributed by atoms with Gasteiger partial charge in [0.15, 0.2) is 11.5 Å². The van der Waals surface area contributed by atoms with Crippen LogP contribution in [0.2, 0.25) is 0 Å². The first-order valence-corrected chi connectivity index (χ1v) is 10.7. The number of fused-ring (bicyclic) bond motifs is 1. The van der Waals surface area contributed by atoms with E-state index < -0.39 is 0 Å². The highest BCUT2D eigenvalue weighted by atomic mass is 16.7. The number of anilines is 1. The zero-order valence-corrected chi connectivity index (χ0v) is 17.7. The van der Waals surface area contributed by atoms with Gasteiger partial charge in [0.1, 0.15) is 5.82 Å². The third kappa shape index (κ3) is 4.65. The third-order valence-electron chi connectivity index (χ3n) is 5.72. The van der Waals surface area contributed by atoms with Gasteiger partial charge in [0.05, 0.1) is 0 Å². The molecule has 8 nitrogen and oxygen atoms in total. The molecule has 2 aliphatic rings. The number of aromatic nitrogens is 2. The lowest BCUT2D eigenvalue weighted by Crippen LogP contribution is -2.46. The lowest BCUT2D eigenvalue weighted by molar-refractivity contribution is 0.0950. The van der Waals surface area contributed by atoms with E-state index in [1.54, 1.807) is 24.7 Å². The van der Waals surface area contributed by atoms with E-state index in [9.17, 15) is 4.79 Å². The quantitative estimate of drug-likeness (QED) is 0.642. The molecular formula is C24H25N5O3. The maximum absolute atomic E-state index is 12.6. The van der Waals surface area contributed by atoms with Crippen molar-refractivity contribution in [3.8, 4) is 11.5 Å². The van der Waals surface area contributed by atoms with Gasteiger partial charge in [-0.3, -0.25) is 14.7 Å². The van der Waals surface area contributed by atoms with Crippen molar-refractivity contribution < 1.29 is 14.3 Å². The van der Waals surface area contributed by atoms with Crippen molar-refractivity contribution in [3.63, 3.8) is 0 Å². The van der Waals surface area contributed by atoms with Gasteiger partial charge in [0.25, 0.3) is 5.91 Å². The fraction of sp³-hybridized carbons (Fsp3) is 0.292. The van der Waals surface area contributed by atoms with Crippen molar-refractivity contribution >= 4 is 11.7 Å². The minimum atomic E-state index is -0.112. The van der Waals surface area contributed by atoms with Crippen LogP contribution in [0.15, 0.2) is 61.1 Å². The number of hydrogen-bond donors (Lipinski definition) is 1. The SMILES string of the molecule is O=C(NCc1cccnc1)c1ccnc(N2CCN(Cc3ccc4c(c3)OCO4)CC2)c1. The number of pyridine rings is 2. The first-order valence-electron chi connectivity index (χ1n) is 10.7. The molecule has 1 N–H and O–H groups in total. The number of carbonyl (C=O) groups excluding carboxylic acids is 1. The molecule has 1 amide bonds. The second-order valence-corrected chi connectivity index (χ2v) is 7.90. The molecule has 1 aromatic carbocycles. The number of carbonyl (C=O) groups is 1. The number of piperazine rings is 1. The molecular weight excluding hydrogens is 406 g/mol. The van der Waals surface area contributed by atoms with E-state index in [2.05, 4.69) is 37.2 Å². The van der Waals surface area contributed by atoms with Crippen LogP contribution in [0.1, 0.15) is 21.5 Å². The number of hydrogen-bond acceptors (Lipinski definition) is 7. The van der Waals surface area contributed by atoms with E-state index in [4.69, 9.17) is 9.47 Å². The van der Waals surface area contributed by atoms with E-state index in [1.807, 2.05) is 24.3 Å². The Hall–Kier alpha value is -3.65. The molecule has 0 radical (unpaired) electrons. The van der Waals surface area contributed by atoms with Gasteiger partial charge in [-0.15, -0.1) is 0 Å². The van der Waals surface area contributed by atoms with Crippen LogP contribution in [0.3, 0.4) is 0 Å². The van der Waals surface area contributed by atoms with Crippen LogP contribution in [0, 0.1) is 0 Å². The van der Waals surface area contributed by atoms with Gasteiger partial charge in [0, 0.05) is 63.4 Å². The van der Waals surface area contributed by atoms with Gasteiger partial charge in [-0.05, 0) is 41.5 Å². The molecule has 8 heteroatoms. The molecule has 2 aromatic heterocycles. The third-order valence-corrected chi connectivity index (χ3v) is 5.72. The zero-order chi connectivity index (χ0) is 21.8. The summed E-state index contributed by atoms with van der Waals surface area (Å²) in [6, 6.07) is 13.5. The van der Waals surface area contributed by atoms with Crippen molar-refractivity contribution in [1.29, 1.82) is 0 Å². The Bertz CT molecular complexity index is 1080. The molecule has 3 aromatic rings. The molecule has 0 bridgehead atoms. The molecule has 0 atom stereocenters. The van der Waals surface area contributed by atoms with Crippen LogP contribution in [0.5, 0.6) is 11.5 Å². The molecule has 5 rings (SSSR count). The number of amides is 1. The maximum Gasteiger partial charge on any atom is 0.251 e. The summed E-state index contributed by atoms with van der Waals surface area (Å²) in [4.78, 5) is 25.8. The highest BCUT2D eigenvalue weighted by Gasteiger charge is 2.20. The first kappa shape index (κ1) is 20.3. The largest absolute Gasteiger partial charge is 0.454 e. The van der Waals surface area contributed by atoms with Gasteiger partial charge in [0.2, 0.25) is 6.79 Å². The minimum Gasteiger partial charge on any atom is -0.454 e. The summed E-state index contributed by atoms with van der Waals surface area (Å²) in [6.07, 6.45) is 5.17. The van der Waals surface area contributed by atoms with Crippen molar-refractivity contribution in [1.82, 2.24) is 20.2 Å². The molecule has 164 valence electrons. The number of rotatable bonds is 6. The Morgan fingerprint density at radius 3 is 2.69 bits per heavy atom. The summed E-state index contributed by atoms with van der Waals surface area (Å²) in [5.41, 5.74) is 2.79. The van der Waals surface area contributed by atoms with Crippen LogP contribution in [0.4, 0.5) is 5.82 Å². The highest BCUT2D eigenvalue weighted by Crippen LogP contribution is 2.33. The predicted molar refractivity (Wildman–Crippen MR) is 120 cm³/mol.